The molecule has 0 spiro atoms. The minimum Gasteiger partial charge on any atom is -0.467 e. The van der Waals surface area contributed by atoms with E-state index in [1.807, 2.05) is 20.8 Å². The van der Waals surface area contributed by atoms with Crippen molar-refractivity contribution in [2.45, 2.75) is 39.8 Å². The predicted molar refractivity (Wildman–Crippen MR) is 133 cm³/mol. The highest BCUT2D eigenvalue weighted by Gasteiger charge is 2.22. The molecule has 13 nitrogen and oxygen atoms in total. The summed E-state index contributed by atoms with van der Waals surface area (Å²) < 4.78 is 32.9. The molecule has 14 heteroatoms. The largest absolute Gasteiger partial charge is 0.467 e. The number of benzene rings is 1. The van der Waals surface area contributed by atoms with E-state index in [2.05, 4.69) is 30.7 Å². The lowest BCUT2D eigenvalue weighted by Gasteiger charge is -2.20. The number of hydrogen-bond donors (Lipinski definition) is 4. The molecule has 0 saturated heterocycles. The average Bonchev–Trinajstić information content (AvgIpc) is 2.78. The second-order valence-electron chi connectivity index (χ2n) is 8.34. The van der Waals surface area contributed by atoms with Gasteiger partial charge in [0.25, 0.3) is 11.8 Å². The summed E-state index contributed by atoms with van der Waals surface area (Å²) in [6.45, 7) is 7.32. The highest BCUT2D eigenvalue weighted by Crippen LogP contribution is 2.26. The highest BCUT2D eigenvalue weighted by atomic mass is 32.2. The molecule has 0 bridgehead atoms. The number of rotatable bonds is 11. The van der Waals surface area contributed by atoms with Crippen LogP contribution in [0.3, 0.4) is 0 Å². The summed E-state index contributed by atoms with van der Waals surface area (Å²) in [6, 6.07) is 2.96. The van der Waals surface area contributed by atoms with E-state index in [4.69, 9.17) is 9.92 Å². The van der Waals surface area contributed by atoms with Crippen molar-refractivity contribution in [2.24, 2.45) is 11.7 Å². The minimum absolute atomic E-state index is 0.0367. The number of aromatic nitrogens is 2. The van der Waals surface area contributed by atoms with Crippen LogP contribution in [0.1, 0.15) is 48.4 Å². The van der Waals surface area contributed by atoms with Gasteiger partial charge >= 0.3 is 16.1 Å². The van der Waals surface area contributed by atoms with Gasteiger partial charge in [0.2, 0.25) is 5.95 Å². The van der Waals surface area contributed by atoms with E-state index < -0.39 is 33.9 Å². The monoisotopic (exact) mass is 522 g/mol. The molecule has 2 amide bonds. The van der Waals surface area contributed by atoms with Gasteiger partial charge in [-0.2, -0.15) is 13.4 Å². The van der Waals surface area contributed by atoms with E-state index in [1.165, 1.54) is 38.4 Å². The first-order chi connectivity index (χ1) is 16.7. The zero-order valence-corrected chi connectivity index (χ0v) is 21.6. The number of carbonyl (C=O) groups excluding carboxylic acids is 3. The van der Waals surface area contributed by atoms with Gasteiger partial charge in [0.1, 0.15) is 11.9 Å². The molecule has 0 saturated carbocycles. The number of methoxy groups -OCH3 is 1. The Bertz CT molecular complexity index is 1250. The van der Waals surface area contributed by atoms with Crippen molar-refractivity contribution in [1.82, 2.24) is 15.3 Å². The molecule has 196 valence electrons. The predicted octanol–water partition coefficient (Wildman–Crippen LogP) is 1.41. The molecule has 0 aliphatic rings. The van der Waals surface area contributed by atoms with Crippen molar-refractivity contribution in [2.75, 3.05) is 24.0 Å². The van der Waals surface area contributed by atoms with Crippen molar-refractivity contribution >= 4 is 45.4 Å². The van der Waals surface area contributed by atoms with Crippen LogP contribution in [-0.4, -0.2) is 61.6 Å². The summed E-state index contributed by atoms with van der Waals surface area (Å²) in [5, 5.41) is 8.44. The maximum absolute atomic E-state index is 12.8. The number of carbonyl (C=O) groups is 3. The van der Waals surface area contributed by atoms with Crippen molar-refractivity contribution in [1.29, 1.82) is 0 Å². The van der Waals surface area contributed by atoms with Gasteiger partial charge in [-0.05, 0) is 38.0 Å². The Labute approximate surface area is 209 Å². The van der Waals surface area contributed by atoms with E-state index in [1.54, 1.807) is 0 Å². The van der Waals surface area contributed by atoms with Gasteiger partial charge in [-0.1, -0.05) is 13.8 Å². The minimum atomic E-state index is -3.96. The molecule has 2 aromatic rings. The third kappa shape index (κ3) is 7.80. The van der Waals surface area contributed by atoms with Crippen LogP contribution >= 0.6 is 0 Å². The number of anilines is 3. The first-order valence-electron chi connectivity index (χ1n) is 10.8. The zero-order valence-electron chi connectivity index (χ0n) is 20.8. The molecule has 36 heavy (non-hydrogen) atoms. The number of nitrogens with one attached hydrogen (secondary N) is 3. The standard InChI is InChI=1S/C22H30N6O7S/c1-11(2)12(3)25-19-16(18(23)29)10-24-22(28-19)27-14-7-8-17(35-36(6,32)33)15(9-14)20(30)26-13(4)21(31)34-5/h7-13H,1-6H3,(H2,23,29)(H,26,30)(H2,24,25,27,28)/t12-,13-/m1/s1. The van der Waals surface area contributed by atoms with Crippen LogP contribution in [-0.2, 0) is 19.6 Å². The van der Waals surface area contributed by atoms with Crippen LogP contribution in [0.4, 0.5) is 17.5 Å². The van der Waals surface area contributed by atoms with E-state index in [0.29, 0.717) is 5.69 Å². The quantitative estimate of drug-likeness (QED) is 0.246. The highest BCUT2D eigenvalue weighted by molar-refractivity contribution is 7.86. The van der Waals surface area contributed by atoms with Gasteiger partial charge in [0.15, 0.2) is 5.75 Å². The Morgan fingerprint density at radius 3 is 2.31 bits per heavy atom. The number of primary amides is 1. The van der Waals surface area contributed by atoms with Crippen LogP contribution in [0.25, 0.3) is 0 Å². The smallest absolute Gasteiger partial charge is 0.328 e. The van der Waals surface area contributed by atoms with Crippen LogP contribution in [0.2, 0.25) is 0 Å². The first-order valence-corrected chi connectivity index (χ1v) is 12.7. The summed E-state index contributed by atoms with van der Waals surface area (Å²) in [7, 11) is -2.79. The second-order valence-corrected chi connectivity index (χ2v) is 9.91. The number of nitrogens with two attached hydrogens (primary N) is 1. The summed E-state index contributed by atoms with van der Waals surface area (Å²) in [4.78, 5) is 44.8. The summed E-state index contributed by atoms with van der Waals surface area (Å²) >= 11 is 0. The molecule has 0 aliphatic heterocycles. The SMILES string of the molecule is COC(=O)[C@@H](C)NC(=O)c1cc(Nc2ncc(C(N)=O)c(N[C@H](C)C(C)C)n2)ccc1OS(C)(=O)=O. The van der Waals surface area contributed by atoms with Crippen LogP contribution < -0.4 is 25.9 Å². The van der Waals surface area contributed by atoms with Gasteiger partial charge in [-0.3, -0.25) is 9.59 Å². The average molecular weight is 523 g/mol. The number of esters is 1. The molecular weight excluding hydrogens is 492 g/mol. The van der Waals surface area contributed by atoms with E-state index in [-0.39, 0.29) is 40.6 Å². The van der Waals surface area contributed by atoms with Crippen molar-refractivity contribution in [3.8, 4) is 5.75 Å². The molecule has 1 heterocycles. The molecule has 0 unspecified atom stereocenters. The molecule has 0 radical (unpaired) electrons. The Balaban J connectivity index is 2.44. The van der Waals surface area contributed by atoms with Gasteiger partial charge < -0.3 is 30.6 Å². The van der Waals surface area contributed by atoms with E-state index >= 15 is 0 Å². The van der Waals surface area contributed by atoms with Crippen molar-refractivity contribution in [3.05, 3.63) is 35.5 Å². The van der Waals surface area contributed by atoms with Crippen molar-refractivity contribution in [3.63, 3.8) is 0 Å². The summed E-state index contributed by atoms with van der Waals surface area (Å²) in [5.74, 6) is -1.91. The third-order valence-corrected chi connectivity index (χ3v) is 5.52. The molecule has 0 fully saturated rings. The fraction of sp³-hybridized carbons (Fsp3) is 0.409. The maximum Gasteiger partial charge on any atom is 0.328 e. The number of ether oxygens (including phenoxy) is 1. The van der Waals surface area contributed by atoms with E-state index in [9.17, 15) is 22.8 Å². The third-order valence-electron chi connectivity index (χ3n) is 5.04. The molecular formula is C22H30N6O7S. The zero-order chi connectivity index (χ0) is 27.2. The van der Waals surface area contributed by atoms with Crippen LogP contribution in [0.15, 0.2) is 24.4 Å². The fourth-order valence-corrected chi connectivity index (χ4v) is 3.25. The normalized spacial score (nSPS) is 12.9. The molecule has 1 aromatic carbocycles. The second kappa shape index (κ2) is 11.7. The van der Waals surface area contributed by atoms with Gasteiger partial charge in [-0.25, -0.2) is 9.78 Å². The lowest BCUT2D eigenvalue weighted by molar-refractivity contribution is -0.142. The van der Waals surface area contributed by atoms with Gasteiger partial charge in [0.05, 0.1) is 24.5 Å². The number of nitrogens with zero attached hydrogens (tertiary/aromatic N) is 2. The van der Waals surface area contributed by atoms with E-state index in [0.717, 1.165) is 6.26 Å². The molecule has 1 aromatic heterocycles. The fourth-order valence-electron chi connectivity index (χ4n) is 2.77. The molecule has 0 aliphatic carbocycles. The molecule has 2 rings (SSSR count). The number of amides is 2. The summed E-state index contributed by atoms with van der Waals surface area (Å²) in [5.41, 5.74) is 5.65. The topological polar surface area (TPSA) is 192 Å². The summed E-state index contributed by atoms with van der Waals surface area (Å²) in [6.07, 6.45) is 2.10. The maximum atomic E-state index is 12.8. The first kappa shape index (κ1) is 28.3. The molecule has 5 N–H and O–H groups in total. The lowest BCUT2D eigenvalue weighted by atomic mass is 10.1. The molecule has 2 atom stereocenters. The number of hydrogen-bond acceptors (Lipinski definition) is 11. The van der Waals surface area contributed by atoms with Crippen LogP contribution in [0, 0.1) is 5.92 Å². The van der Waals surface area contributed by atoms with Crippen LogP contribution in [0.5, 0.6) is 5.75 Å². The Morgan fingerprint density at radius 1 is 1.08 bits per heavy atom. The Kier molecular flexibility index (Phi) is 9.17. The Hall–Kier alpha value is -3.94. The Morgan fingerprint density at radius 2 is 1.75 bits per heavy atom. The van der Waals surface area contributed by atoms with Crippen molar-refractivity contribution < 1.29 is 31.7 Å². The van der Waals surface area contributed by atoms with Gasteiger partial charge in [-0.15, -0.1) is 0 Å². The van der Waals surface area contributed by atoms with Gasteiger partial charge in [0, 0.05) is 17.9 Å². The lowest BCUT2D eigenvalue weighted by Crippen LogP contribution is -2.39.